The van der Waals surface area contributed by atoms with Crippen molar-refractivity contribution < 1.29 is 0 Å². The van der Waals surface area contributed by atoms with Crippen molar-refractivity contribution in [3.8, 4) is 0 Å². The molecule has 0 aliphatic heterocycles. The van der Waals surface area contributed by atoms with Gasteiger partial charge in [-0.2, -0.15) is 0 Å². The highest BCUT2D eigenvalue weighted by Crippen LogP contribution is 2.33. The summed E-state index contributed by atoms with van der Waals surface area (Å²) in [7, 11) is 0. The first kappa shape index (κ1) is 12.5. The van der Waals surface area contributed by atoms with Gasteiger partial charge in [0.05, 0.1) is 5.84 Å². The summed E-state index contributed by atoms with van der Waals surface area (Å²) in [5.41, 5.74) is 6.01. The molecule has 0 bridgehead atoms. The topological polar surface area (TPSA) is 38.4 Å². The van der Waals surface area contributed by atoms with Gasteiger partial charge in [0.15, 0.2) is 0 Å². The second-order valence-corrected chi connectivity index (χ2v) is 5.16. The number of aliphatic imine (C=N–C) groups is 1. The van der Waals surface area contributed by atoms with Crippen molar-refractivity contribution in [2.24, 2.45) is 28.5 Å². The molecule has 0 aromatic heterocycles. The van der Waals surface area contributed by atoms with Crippen LogP contribution in [0.5, 0.6) is 0 Å². The van der Waals surface area contributed by atoms with Gasteiger partial charge in [0.1, 0.15) is 0 Å². The zero-order valence-corrected chi connectivity index (χ0v) is 10.5. The van der Waals surface area contributed by atoms with E-state index in [-0.39, 0.29) is 0 Å². The smallest absolute Gasteiger partial charge is 0.0968 e. The molecule has 1 aliphatic rings. The Labute approximate surface area is 94.3 Å². The Balaban J connectivity index is 2.36. The van der Waals surface area contributed by atoms with E-state index in [9.17, 15) is 0 Å². The lowest BCUT2D eigenvalue weighted by molar-refractivity contribution is 0.255. The first-order valence-electron chi connectivity index (χ1n) is 6.45. The normalized spacial score (nSPS) is 28.4. The minimum atomic E-state index is 0.576. The van der Waals surface area contributed by atoms with E-state index in [0.29, 0.717) is 5.92 Å². The van der Waals surface area contributed by atoms with E-state index in [1.165, 1.54) is 25.7 Å². The lowest BCUT2D eigenvalue weighted by Gasteiger charge is -2.30. The minimum absolute atomic E-state index is 0.576. The fourth-order valence-corrected chi connectivity index (χ4v) is 2.45. The van der Waals surface area contributed by atoms with E-state index in [2.05, 4.69) is 25.8 Å². The Morgan fingerprint density at radius 2 is 1.87 bits per heavy atom. The van der Waals surface area contributed by atoms with E-state index < -0.39 is 0 Å². The maximum absolute atomic E-state index is 6.01. The van der Waals surface area contributed by atoms with Crippen LogP contribution in [-0.4, -0.2) is 12.4 Å². The van der Waals surface area contributed by atoms with Crippen LogP contribution in [0.25, 0.3) is 0 Å². The zero-order chi connectivity index (χ0) is 11.3. The van der Waals surface area contributed by atoms with Crippen LogP contribution in [0.15, 0.2) is 4.99 Å². The van der Waals surface area contributed by atoms with Crippen LogP contribution in [-0.2, 0) is 0 Å². The molecule has 1 aliphatic carbocycles. The van der Waals surface area contributed by atoms with Gasteiger partial charge in [-0.1, -0.05) is 20.8 Å². The average molecular weight is 210 g/mol. The van der Waals surface area contributed by atoms with Gasteiger partial charge in [0.25, 0.3) is 0 Å². The molecule has 1 rings (SSSR count). The summed E-state index contributed by atoms with van der Waals surface area (Å²) in [6.45, 7) is 7.71. The summed E-state index contributed by atoms with van der Waals surface area (Å²) in [6, 6.07) is 0. The van der Waals surface area contributed by atoms with Crippen molar-refractivity contribution in [3.63, 3.8) is 0 Å². The molecule has 0 aromatic carbocycles. The largest absolute Gasteiger partial charge is 0.387 e. The number of rotatable bonds is 4. The Hall–Kier alpha value is -0.530. The van der Waals surface area contributed by atoms with Crippen LogP contribution in [0.3, 0.4) is 0 Å². The van der Waals surface area contributed by atoms with Gasteiger partial charge in [0.2, 0.25) is 0 Å². The first-order valence-corrected chi connectivity index (χ1v) is 6.45. The lowest BCUT2D eigenvalue weighted by Crippen LogP contribution is -2.29. The molecule has 2 N–H and O–H groups in total. The summed E-state index contributed by atoms with van der Waals surface area (Å²) in [6.07, 6.45) is 6.28. The van der Waals surface area contributed by atoms with E-state index in [1.54, 1.807) is 0 Å². The fourth-order valence-electron chi connectivity index (χ4n) is 2.45. The Morgan fingerprint density at radius 1 is 1.27 bits per heavy atom. The van der Waals surface area contributed by atoms with Crippen molar-refractivity contribution in [1.82, 2.24) is 0 Å². The molecule has 1 fully saturated rings. The lowest BCUT2D eigenvalue weighted by atomic mass is 9.76. The van der Waals surface area contributed by atoms with Crippen LogP contribution >= 0.6 is 0 Å². The molecule has 0 radical (unpaired) electrons. The highest BCUT2D eigenvalue weighted by Gasteiger charge is 2.24. The zero-order valence-electron chi connectivity index (χ0n) is 10.5. The van der Waals surface area contributed by atoms with Crippen molar-refractivity contribution in [2.45, 2.75) is 52.9 Å². The molecule has 0 spiro atoms. The molecular weight excluding hydrogens is 184 g/mol. The molecule has 0 heterocycles. The summed E-state index contributed by atoms with van der Waals surface area (Å²) >= 11 is 0. The van der Waals surface area contributed by atoms with Gasteiger partial charge in [-0.25, -0.2) is 0 Å². The number of hydrogen-bond acceptors (Lipinski definition) is 1. The third kappa shape index (κ3) is 3.84. The number of hydrogen-bond donors (Lipinski definition) is 1. The van der Waals surface area contributed by atoms with Crippen molar-refractivity contribution in [2.75, 3.05) is 6.54 Å². The molecular formula is C13H26N2. The van der Waals surface area contributed by atoms with E-state index in [0.717, 1.165) is 30.6 Å². The summed E-state index contributed by atoms with van der Waals surface area (Å²) in [5, 5.41) is 0. The van der Waals surface area contributed by atoms with Crippen molar-refractivity contribution in [3.05, 3.63) is 0 Å². The van der Waals surface area contributed by atoms with Crippen molar-refractivity contribution >= 4 is 5.84 Å². The minimum Gasteiger partial charge on any atom is -0.387 e. The van der Waals surface area contributed by atoms with Crippen LogP contribution in [0, 0.1) is 17.8 Å². The van der Waals surface area contributed by atoms with Crippen LogP contribution < -0.4 is 5.73 Å². The highest BCUT2D eigenvalue weighted by atomic mass is 14.9. The molecule has 2 heteroatoms. The fraction of sp³-hybridized carbons (Fsp3) is 0.923. The predicted molar refractivity (Wildman–Crippen MR) is 67.1 cm³/mol. The Morgan fingerprint density at radius 3 is 2.33 bits per heavy atom. The first-order chi connectivity index (χ1) is 7.15. The van der Waals surface area contributed by atoms with Crippen LogP contribution in [0.1, 0.15) is 52.9 Å². The molecule has 2 nitrogen and oxygen atoms in total. The van der Waals surface area contributed by atoms with E-state index >= 15 is 0 Å². The SMILES string of the molecule is CCCN=C(N)C1CCC(C(C)C)CC1. The molecule has 0 amide bonds. The number of amidine groups is 1. The second kappa shape index (κ2) is 6.14. The molecule has 0 aromatic rings. The molecule has 88 valence electrons. The standard InChI is InChI=1S/C13H26N2/c1-4-9-15-13(14)12-7-5-11(6-8-12)10(2)3/h10-12H,4-9H2,1-3H3,(H2,14,15). The Bertz CT molecular complexity index is 201. The maximum Gasteiger partial charge on any atom is 0.0968 e. The van der Waals surface area contributed by atoms with Crippen LogP contribution in [0.4, 0.5) is 0 Å². The average Bonchev–Trinajstić information content (AvgIpc) is 2.26. The molecule has 1 saturated carbocycles. The maximum atomic E-state index is 6.01. The monoisotopic (exact) mass is 210 g/mol. The molecule has 0 atom stereocenters. The highest BCUT2D eigenvalue weighted by molar-refractivity contribution is 5.82. The van der Waals surface area contributed by atoms with E-state index in [1.807, 2.05) is 0 Å². The summed E-state index contributed by atoms with van der Waals surface area (Å²) < 4.78 is 0. The second-order valence-electron chi connectivity index (χ2n) is 5.16. The summed E-state index contributed by atoms with van der Waals surface area (Å²) in [5.74, 6) is 3.24. The van der Waals surface area contributed by atoms with Gasteiger partial charge in [-0.3, -0.25) is 4.99 Å². The predicted octanol–water partition coefficient (Wildman–Crippen LogP) is 3.22. The van der Waals surface area contributed by atoms with Gasteiger partial charge < -0.3 is 5.73 Å². The van der Waals surface area contributed by atoms with Crippen molar-refractivity contribution in [1.29, 1.82) is 0 Å². The van der Waals surface area contributed by atoms with Crippen LogP contribution in [0.2, 0.25) is 0 Å². The number of nitrogens with two attached hydrogens (primary N) is 1. The molecule has 0 unspecified atom stereocenters. The quantitative estimate of drug-likeness (QED) is 0.561. The molecule has 0 saturated heterocycles. The third-order valence-electron chi connectivity index (χ3n) is 3.65. The molecule has 15 heavy (non-hydrogen) atoms. The van der Waals surface area contributed by atoms with Gasteiger partial charge in [-0.05, 0) is 43.9 Å². The van der Waals surface area contributed by atoms with Gasteiger partial charge in [0, 0.05) is 12.5 Å². The number of nitrogens with zero attached hydrogens (tertiary/aromatic N) is 1. The van der Waals surface area contributed by atoms with E-state index in [4.69, 9.17) is 5.73 Å². The van der Waals surface area contributed by atoms with Gasteiger partial charge in [-0.15, -0.1) is 0 Å². The third-order valence-corrected chi connectivity index (χ3v) is 3.65. The Kier molecular flexibility index (Phi) is 5.13. The summed E-state index contributed by atoms with van der Waals surface area (Å²) in [4.78, 5) is 4.43. The van der Waals surface area contributed by atoms with Gasteiger partial charge >= 0.3 is 0 Å².